The second-order valence-corrected chi connectivity index (χ2v) is 6.74. The third-order valence-electron chi connectivity index (χ3n) is 4.66. The number of rotatable bonds is 6. The van der Waals surface area contributed by atoms with E-state index < -0.39 is 23.4 Å². The largest absolute Gasteiger partial charge is 0.452 e. The number of anilines is 1. The third-order valence-corrected chi connectivity index (χ3v) is 4.66. The summed E-state index contributed by atoms with van der Waals surface area (Å²) in [4.78, 5) is 35.0. The van der Waals surface area contributed by atoms with Gasteiger partial charge in [-0.2, -0.15) is 0 Å². The van der Waals surface area contributed by atoms with E-state index in [1.165, 1.54) is 6.07 Å². The second kappa shape index (κ2) is 7.22. The normalized spacial score (nSPS) is 13.3. The van der Waals surface area contributed by atoms with Crippen molar-refractivity contribution < 1.29 is 19.2 Å². The van der Waals surface area contributed by atoms with Crippen LogP contribution in [0.2, 0.25) is 0 Å². The second-order valence-electron chi connectivity index (χ2n) is 6.74. The number of hydrogen-bond donors (Lipinski definition) is 1. The highest BCUT2D eigenvalue weighted by atomic mass is 16.6. The van der Waals surface area contributed by atoms with Crippen LogP contribution in [0.5, 0.6) is 0 Å². The van der Waals surface area contributed by atoms with Gasteiger partial charge in [-0.3, -0.25) is 14.9 Å². The topological polar surface area (TPSA) is 103 Å². The maximum Gasteiger partial charge on any atom is 0.340 e. The van der Waals surface area contributed by atoms with E-state index >= 15 is 0 Å². The van der Waals surface area contributed by atoms with Gasteiger partial charge >= 0.3 is 5.97 Å². The van der Waals surface area contributed by atoms with Gasteiger partial charge in [0.15, 0.2) is 6.61 Å². The van der Waals surface area contributed by atoms with Gasteiger partial charge in [0.25, 0.3) is 11.6 Å². The maximum absolute atomic E-state index is 12.3. The van der Waals surface area contributed by atoms with Gasteiger partial charge in [-0.25, -0.2) is 4.79 Å². The molecule has 1 aromatic carbocycles. The number of esters is 1. The van der Waals surface area contributed by atoms with E-state index in [-0.39, 0.29) is 11.4 Å². The number of hydrogen-bond acceptors (Lipinski definition) is 5. The van der Waals surface area contributed by atoms with Crippen LogP contribution in [0.25, 0.3) is 0 Å². The summed E-state index contributed by atoms with van der Waals surface area (Å²) < 4.78 is 7.24. The number of para-hydroxylation sites is 1. The number of nitro benzene ring substituents is 1. The Labute approximate surface area is 156 Å². The SMILES string of the molecule is Cc1cccc([N+](=O)[O-])c1NC(=O)COC(=O)c1cc(C)n(C2CC2)c1C. The molecule has 142 valence electrons. The zero-order chi connectivity index (χ0) is 19.7. The summed E-state index contributed by atoms with van der Waals surface area (Å²) in [6.45, 7) is 4.93. The molecule has 0 unspecified atom stereocenters. The monoisotopic (exact) mass is 371 g/mol. The molecule has 1 aromatic heterocycles. The number of nitrogens with zero attached hydrogens (tertiary/aromatic N) is 2. The Balaban J connectivity index is 1.66. The van der Waals surface area contributed by atoms with Gasteiger partial charge in [-0.15, -0.1) is 0 Å². The van der Waals surface area contributed by atoms with Crippen LogP contribution in [0.15, 0.2) is 24.3 Å². The Morgan fingerprint density at radius 3 is 2.63 bits per heavy atom. The number of aromatic nitrogens is 1. The van der Waals surface area contributed by atoms with E-state index in [1.807, 2.05) is 13.8 Å². The summed E-state index contributed by atoms with van der Waals surface area (Å²) >= 11 is 0. The smallest absolute Gasteiger partial charge is 0.340 e. The summed E-state index contributed by atoms with van der Waals surface area (Å²) in [6.07, 6.45) is 2.20. The van der Waals surface area contributed by atoms with E-state index in [0.29, 0.717) is 17.2 Å². The van der Waals surface area contributed by atoms with E-state index in [1.54, 1.807) is 25.1 Å². The van der Waals surface area contributed by atoms with Crippen LogP contribution in [0.3, 0.4) is 0 Å². The van der Waals surface area contributed by atoms with E-state index in [4.69, 9.17) is 4.74 Å². The van der Waals surface area contributed by atoms with Crippen molar-refractivity contribution in [3.8, 4) is 0 Å². The molecule has 0 saturated heterocycles. The zero-order valence-corrected chi connectivity index (χ0v) is 15.4. The van der Waals surface area contributed by atoms with Crippen LogP contribution >= 0.6 is 0 Å². The lowest BCUT2D eigenvalue weighted by atomic mass is 10.1. The summed E-state index contributed by atoms with van der Waals surface area (Å²) in [5.74, 6) is -1.21. The molecule has 1 N–H and O–H groups in total. The van der Waals surface area contributed by atoms with Crippen molar-refractivity contribution >= 4 is 23.3 Å². The minimum absolute atomic E-state index is 0.107. The number of aryl methyl sites for hydroxylation is 2. The van der Waals surface area contributed by atoms with Gasteiger partial charge in [0.1, 0.15) is 5.69 Å². The number of nitrogens with one attached hydrogen (secondary N) is 1. The number of carbonyl (C=O) groups excluding carboxylic acids is 2. The molecular weight excluding hydrogens is 350 g/mol. The summed E-state index contributed by atoms with van der Waals surface area (Å²) in [6, 6.07) is 6.71. The highest BCUT2D eigenvalue weighted by Gasteiger charge is 2.29. The predicted octanol–water partition coefficient (Wildman–Crippen LogP) is 3.45. The quantitative estimate of drug-likeness (QED) is 0.476. The van der Waals surface area contributed by atoms with Gasteiger partial charge in [0, 0.05) is 23.5 Å². The Bertz CT molecular complexity index is 928. The minimum Gasteiger partial charge on any atom is -0.452 e. The number of ether oxygens (including phenoxy) is 1. The fourth-order valence-electron chi connectivity index (χ4n) is 3.23. The lowest BCUT2D eigenvalue weighted by molar-refractivity contribution is -0.384. The first-order valence-corrected chi connectivity index (χ1v) is 8.69. The van der Waals surface area contributed by atoms with Crippen molar-refractivity contribution in [2.24, 2.45) is 0 Å². The molecule has 3 rings (SSSR count). The van der Waals surface area contributed by atoms with E-state index in [0.717, 1.165) is 24.2 Å². The first kappa shape index (κ1) is 18.6. The van der Waals surface area contributed by atoms with Gasteiger partial charge in [0.05, 0.1) is 10.5 Å². The molecule has 1 aliphatic rings. The van der Waals surface area contributed by atoms with Gasteiger partial charge in [-0.1, -0.05) is 12.1 Å². The molecule has 1 saturated carbocycles. The van der Waals surface area contributed by atoms with Crippen LogP contribution < -0.4 is 5.32 Å². The van der Waals surface area contributed by atoms with Crippen LogP contribution in [-0.2, 0) is 9.53 Å². The Hall–Kier alpha value is -3.16. The molecule has 1 amide bonds. The van der Waals surface area contributed by atoms with Gasteiger partial charge in [0.2, 0.25) is 0 Å². The average Bonchev–Trinajstić information content (AvgIpc) is 3.39. The van der Waals surface area contributed by atoms with Crippen molar-refractivity contribution in [2.45, 2.75) is 39.7 Å². The standard InChI is InChI=1S/C19H21N3O5/c1-11-5-4-6-16(22(25)26)18(11)20-17(23)10-27-19(24)15-9-12(2)21(13(15)3)14-7-8-14/h4-6,9,14H,7-8,10H2,1-3H3,(H,20,23). The van der Waals surface area contributed by atoms with Crippen molar-refractivity contribution in [1.29, 1.82) is 0 Å². The number of nitro groups is 1. The van der Waals surface area contributed by atoms with Gasteiger partial charge < -0.3 is 14.6 Å². The van der Waals surface area contributed by atoms with Crippen molar-refractivity contribution in [3.05, 3.63) is 56.9 Å². The molecule has 8 heteroatoms. The van der Waals surface area contributed by atoms with Crippen LogP contribution in [0, 0.1) is 30.9 Å². The third kappa shape index (κ3) is 3.84. The summed E-state index contributed by atoms with van der Waals surface area (Å²) in [5.41, 5.74) is 2.71. The first-order valence-electron chi connectivity index (χ1n) is 8.69. The molecule has 1 aliphatic carbocycles. The highest BCUT2D eigenvalue weighted by molar-refractivity contribution is 5.97. The molecule has 8 nitrogen and oxygen atoms in total. The fraction of sp³-hybridized carbons (Fsp3) is 0.368. The molecule has 0 atom stereocenters. The molecule has 0 spiro atoms. The Morgan fingerprint density at radius 2 is 2.00 bits per heavy atom. The molecule has 1 heterocycles. The van der Waals surface area contributed by atoms with E-state index in [2.05, 4.69) is 9.88 Å². The maximum atomic E-state index is 12.3. The summed E-state index contributed by atoms with van der Waals surface area (Å²) in [5, 5.41) is 13.6. The van der Waals surface area contributed by atoms with Crippen molar-refractivity contribution in [1.82, 2.24) is 4.57 Å². The van der Waals surface area contributed by atoms with Crippen molar-refractivity contribution in [2.75, 3.05) is 11.9 Å². The lowest BCUT2D eigenvalue weighted by Gasteiger charge is -2.10. The predicted molar refractivity (Wildman–Crippen MR) is 98.9 cm³/mol. The number of carbonyl (C=O) groups is 2. The highest BCUT2D eigenvalue weighted by Crippen LogP contribution is 2.38. The summed E-state index contributed by atoms with van der Waals surface area (Å²) in [7, 11) is 0. The average molecular weight is 371 g/mol. The Morgan fingerprint density at radius 1 is 1.30 bits per heavy atom. The fourth-order valence-corrected chi connectivity index (χ4v) is 3.23. The number of benzene rings is 1. The molecular formula is C19H21N3O5. The van der Waals surface area contributed by atoms with Gasteiger partial charge in [-0.05, 0) is 45.2 Å². The lowest BCUT2D eigenvalue weighted by Crippen LogP contribution is -2.22. The van der Waals surface area contributed by atoms with Crippen molar-refractivity contribution in [3.63, 3.8) is 0 Å². The molecule has 0 bridgehead atoms. The molecule has 0 radical (unpaired) electrons. The minimum atomic E-state index is -0.628. The molecule has 2 aromatic rings. The molecule has 0 aliphatic heterocycles. The zero-order valence-electron chi connectivity index (χ0n) is 15.4. The molecule has 27 heavy (non-hydrogen) atoms. The molecule has 1 fully saturated rings. The van der Waals surface area contributed by atoms with Crippen LogP contribution in [0.1, 0.15) is 46.2 Å². The number of amides is 1. The van der Waals surface area contributed by atoms with Crippen LogP contribution in [0.4, 0.5) is 11.4 Å². The first-order chi connectivity index (χ1) is 12.8. The Kier molecular flexibility index (Phi) is 4.98. The van der Waals surface area contributed by atoms with E-state index in [9.17, 15) is 19.7 Å². The van der Waals surface area contributed by atoms with Crippen LogP contribution in [-0.4, -0.2) is 28.0 Å².